The van der Waals surface area contributed by atoms with E-state index in [9.17, 15) is 4.79 Å². The normalized spacial score (nSPS) is 26.4. The lowest BCUT2D eigenvalue weighted by molar-refractivity contribution is 0.0610. The fourth-order valence-electron chi connectivity index (χ4n) is 3.82. The minimum absolute atomic E-state index is 0.0869. The van der Waals surface area contributed by atoms with Crippen molar-refractivity contribution in [2.45, 2.75) is 25.9 Å². The maximum atomic E-state index is 12.6. The van der Waals surface area contributed by atoms with Crippen molar-refractivity contribution in [3.8, 4) is 0 Å². The molecule has 4 heterocycles. The third-order valence-electron chi connectivity index (χ3n) is 5.04. The molecule has 2 aliphatic heterocycles. The van der Waals surface area contributed by atoms with Crippen LogP contribution < -0.4 is 0 Å². The molecule has 0 aliphatic carbocycles. The monoisotopic (exact) mass is 327 g/mol. The van der Waals surface area contributed by atoms with E-state index in [-0.39, 0.29) is 12.0 Å². The number of carbonyl (C=O) groups is 1. The first kappa shape index (κ1) is 15.3. The number of fused-ring (bicyclic) bond motifs is 1. The van der Waals surface area contributed by atoms with Gasteiger partial charge < -0.3 is 9.64 Å². The summed E-state index contributed by atoms with van der Waals surface area (Å²) >= 11 is 0. The van der Waals surface area contributed by atoms with E-state index in [1.807, 2.05) is 11.8 Å². The molecule has 7 nitrogen and oxygen atoms in total. The number of aryl methyl sites for hydroxylation is 1. The number of likely N-dealkylation sites (tertiary alicyclic amines) is 1. The van der Waals surface area contributed by atoms with Crippen LogP contribution in [0.2, 0.25) is 0 Å². The minimum Gasteiger partial charge on any atom is -0.377 e. The Labute approximate surface area is 140 Å². The molecule has 0 spiro atoms. The van der Waals surface area contributed by atoms with E-state index in [4.69, 9.17) is 4.74 Å². The summed E-state index contributed by atoms with van der Waals surface area (Å²) < 4.78 is 6.01. The standard InChI is InChI=1S/C17H21N5O2/c1-11-19-16(21-20-11)8-15-14-4-7-22(9-13(14)10-24-15)17(23)12-2-5-18-6-3-12/h2-3,5-6,13-15H,4,7-10H2,1H3,(H,19,20,21)/t13-,14-,15+/m1/s1. The number of ether oxygens (including phenoxy) is 1. The number of nitrogens with zero attached hydrogens (tertiary/aromatic N) is 4. The van der Waals surface area contributed by atoms with E-state index in [1.165, 1.54) is 0 Å². The van der Waals surface area contributed by atoms with Crippen LogP contribution in [0.25, 0.3) is 0 Å². The Hall–Kier alpha value is -2.28. The first-order valence-corrected chi connectivity index (χ1v) is 8.39. The summed E-state index contributed by atoms with van der Waals surface area (Å²) in [5, 5.41) is 7.09. The predicted molar refractivity (Wildman–Crippen MR) is 86.3 cm³/mol. The van der Waals surface area contributed by atoms with Gasteiger partial charge in [0, 0.05) is 43.4 Å². The zero-order chi connectivity index (χ0) is 16.5. The van der Waals surface area contributed by atoms with Crippen molar-refractivity contribution < 1.29 is 9.53 Å². The Bertz CT molecular complexity index is 717. The van der Waals surface area contributed by atoms with Gasteiger partial charge in [-0.1, -0.05) is 0 Å². The summed E-state index contributed by atoms with van der Waals surface area (Å²) in [6.07, 6.45) is 5.18. The molecule has 126 valence electrons. The third kappa shape index (κ3) is 2.91. The molecule has 0 bridgehead atoms. The zero-order valence-corrected chi connectivity index (χ0v) is 13.7. The molecular weight excluding hydrogens is 306 g/mol. The summed E-state index contributed by atoms with van der Waals surface area (Å²) in [7, 11) is 0. The quantitative estimate of drug-likeness (QED) is 0.916. The molecule has 3 atom stereocenters. The van der Waals surface area contributed by atoms with E-state index in [1.54, 1.807) is 24.5 Å². The molecule has 2 aliphatic rings. The first-order chi connectivity index (χ1) is 11.7. The van der Waals surface area contributed by atoms with Crippen LogP contribution in [0.4, 0.5) is 0 Å². The number of carbonyl (C=O) groups excluding carboxylic acids is 1. The van der Waals surface area contributed by atoms with Gasteiger partial charge in [-0.2, -0.15) is 5.10 Å². The SMILES string of the molecule is Cc1nc(C[C@@H]2OC[C@H]3CN(C(=O)c4ccncc4)CC[C@H]32)n[nH]1. The average molecular weight is 327 g/mol. The van der Waals surface area contributed by atoms with Gasteiger partial charge >= 0.3 is 0 Å². The van der Waals surface area contributed by atoms with E-state index >= 15 is 0 Å². The zero-order valence-electron chi connectivity index (χ0n) is 13.7. The molecule has 2 aromatic rings. The Kier molecular flexibility index (Phi) is 4.02. The molecule has 1 amide bonds. The topological polar surface area (TPSA) is 84.0 Å². The third-order valence-corrected chi connectivity index (χ3v) is 5.04. The summed E-state index contributed by atoms with van der Waals surface area (Å²) in [6, 6.07) is 3.54. The van der Waals surface area contributed by atoms with Gasteiger partial charge in [-0.3, -0.25) is 14.9 Å². The molecule has 0 aromatic carbocycles. The number of amides is 1. The van der Waals surface area contributed by atoms with Crippen LogP contribution in [0.3, 0.4) is 0 Å². The van der Waals surface area contributed by atoms with Gasteiger partial charge in [0.15, 0.2) is 5.82 Å². The van der Waals surface area contributed by atoms with Gasteiger partial charge in [-0.15, -0.1) is 0 Å². The van der Waals surface area contributed by atoms with Gasteiger partial charge in [-0.25, -0.2) is 4.98 Å². The van der Waals surface area contributed by atoms with Gasteiger partial charge in [-0.05, 0) is 31.4 Å². The lowest BCUT2D eigenvalue weighted by Gasteiger charge is -2.35. The van der Waals surface area contributed by atoms with Crippen molar-refractivity contribution in [3.05, 3.63) is 41.7 Å². The van der Waals surface area contributed by atoms with Crippen molar-refractivity contribution in [3.63, 3.8) is 0 Å². The number of nitrogens with one attached hydrogen (secondary N) is 1. The molecule has 0 radical (unpaired) electrons. The van der Waals surface area contributed by atoms with E-state index in [2.05, 4.69) is 20.2 Å². The number of H-pyrrole nitrogens is 1. The molecule has 2 aromatic heterocycles. The smallest absolute Gasteiger partial charge is 0.253 e. The highest BCUT2D eigenvalue weighted by Gasteiger charge is 2.42. The average Bonchev–Trinajstić information content (AvgIpc) is 3.21. The Morgan fingerprint density at radius 3 is 3.00 bits per heavy atom. The number of pyridine rings is 1. The Morgan fingerprint density at radius 2 is 2.25 bits per heavy atom. The molecule has 7 heteroatoms. The number of hydrogen-bond acceptors (Lipinski definition) is 5. The number of piperidine rings is 1. The van der Waals surface area contributed by atoms with Crippen molar-refractivity contribution in [1.82, 2.24) is 25.1 Å². The lowest BCUT2D eigenvalue weighted by atomic mass is 9.83. The molecule has 0 saturated carbocycles. The van der Waals surface area contributed by atoms with Crippen LogP contribution in [0.5, 0.6) is 0 Å². The maximum Gasteiger partial charge on any atom is 0.253 e. The van der Waals surface area contributed by atoms with Crippen LogP contribution in [0.15, 0.2) is 24.5 Å². The second-order valence-electron chi connectivity index (χ2n) is 6.61. The Morgan fingerprint density at radius 1 is 1.42 bits per heavy atom. The largest absolute Gasteiger partial charge is 0.377 e. The van der Waals surface area contributed by atoms with E-state index in [0.717, 1.165) is 37.6 Å². The highest BCUT2D eigenvalue weighted by atomic mass is 16.5. The maximum absolute atomic E-state index is 12.6. The molecule has 0 unspecified atom stereocenters. The highest BCUT2D eigenvalue weighted by Crippen LogP contribution is 2.36. The van der Waals surface area contributed by atoms with E-state index in [0.29, 0.717) is 24.0 Å². The summed E-state index contributed by atoms with van der Waals surface area (Å²) in [4.78, 5) is 22.9. The predicted octanol–water partition coefficient (Wildman–Crippen LogP) is 1.23. The lowest BCUT2D eigenvalue weighted by Crippen LogP contribution is -2.44. The van der Waals surface area contributed by atoms with Crippen LogP contribution in [-0.4, -0.2) is 56.8 Å². The van der Waals surface area contributed by atoms with Crippen LogP contribution in [0.1, 0.15) is 28.4 Å². The number of aromatic nitrogens is 4. The van der Waals surface area contributed by atoms with Crippen molar-refractivity contribution >= 4 is 5.91 Å². The molecule has 4 rings (SSSR count). The molecule has 2 saturated heterocycles. The van der Waals surface area contributed by atoms with Gasteiger partial charge in [0.2, 0.25) is 0 Å². The summed E-state index contributed by atoms with van der Waals surface area (Å²) in [5.41, 5.74) is 0.704. The number of hydrogen-bond donors (Lipinski definition) is 1. The molecule has 1 N–H and O–H groups in total. The van der Waals surface area contributed by atoms with Crippen LogP contribution in [-0.2, 0) is 11.2 Å². The van der Waals surface area contributed by atoms with Gasteiger partial charge in [0.25, 0.3) is 5.91 Å². The van der Waals surface area contributed by atoms with Gasteiger partial charge in [0.05, 0.1) is 12.7 Å². The van der Waals surface area contributed by atoms with Gasteiger partial charge in [0.1, 0.15) is 5.82 Å². The first-order valence-electron chi connectivity index (χ1n) is 8.39. The van der Waals surface area contributed by atoms with E-state index < -0.39 is 0 Å². The van der Waals surface area contributed by atoms with Crippen molar-refractivity contribution in [2.75, 3.05) is 19.7 Å². The van der Waals surface area contributed by atoms with Crippen LogP contribution >= 0.6 is 0 Å². The second-order valence-corrected chi connectivity index (χ2v) is 6.61. The van der Waals surface area contributed by atoms with Crippen molar-refractivity contribution in [1.29, 1.82) is 0 Å². The number of rotatable bonds is 3. The van der Waals surface area contributed by atoms with Crippen LogP contribution in [0, 0.1) is 18.8 Å². The second kappa shape index (κ2) is 6.32. The highest BCUT2D eigenvalue weighted by molar-refractivity contribution is 5.94. The molecule has 2 fully saturated rings. The fourth-order valence-corrected chi connectivity index (χ4v) is 3.82. The fraction of sp³-hybridized carbons (Fsp3) is 0.529. The summed E-state index contributed by atoms with van der Waals surface area (Å²) in [5.74, 6) is 2.61. The molecular formula is C17H21N5O2. The molecule has 24 heavy (non-hydrogen) atoms. The Balaban J connectivity index is 1.40. The number of aromatic amines is 1. The summed E-state index contributed by atoms with van der Waals surface area (Å²) in [6.45, 7) is 4.14. The minimum atomic E-state index is 0.0869. The van der Waals surface area contributed by atoms with Crippen molar-refractivity contribution in [2.24, 2.45) is 11.8 Å².